The Morgan fingerprint density at radius 2 is 2.12 bits per heavy atom. The molecular formula is C20H32N2O3. The predicted molar refractivity (Wildman–Crippen MR) is 101 cm³/mol. The molecule has 0 unspecified atom stereocenters. The molecule has 0 bridgehead atoms. The first kappa shape index (κ1) is 19.6. The summed E-state index contributed by atoms with van der Waals surface area (Å²) in [6.45, 7) is 10.7. The summed E-state index contributed by atoms with van der Waals surface area (Å²) in [6.07, 6.45) is 3.06. The zero-order valence-electron chi connectivity index (χ0n) is 16.2. The van der Waals surface area contributed by atoms with Gasteiger partial charge in [-0.2, -0.15) is 0 Å². The molecule has 1 amide bonds. The fourth-order valence-electron chi connectivity index (χ4n) is 3.41. The van der Waals surface area contributed by atoms with E-state index in [4.69, 9.17) is 9.47 Å². The lowest BCUT2D eigenvalue weighted by molar-refractivity contribution is 0.0572. The van der Waals surface area contributed by atoms with E-state index in [0.29, 0.717) is 23.7 Å². The molecular weight excluding hydrogens is 316 g/mol. The Morgan fingerprint density at radius 1 is 1.36 bits per heavy atom. The second-order valence-electron chi connectivity index (χ2n) is 6.97. The van der Waals surface area contributed by atoms with Gasteiger partial charge in [-0.1, -0.05) is 6.92 Å². The van der Waals surface area contributed by atoms with Crippen molar-refractivity contribution in [2.75, 3.05) is 26.8 Å². The molecule has 25 heavy (non-hydrogen) atoms. The largest absolute Gasteiger partial charge is 0.493 e. The molecule has 0 aliphatic carbocycles. The Bertz CT molecular complexity index is 581. The summed E-state index contributed by atoms with van der Waals surface area (Å²) in [6, 6.07) is 4.13. The number of nitrogens with zero attached hydrogens (tertiary/aromatic N) is 1. The van der Waals surface area contributed by atoms with Crippen LogP contribution in [0.1, 0.15) is 56.0 Å². The van der Waals surface area contributed by atoms with Crippen molar-refractivity contribution in [2.24, 2.45) is 0 Å². The Balaban J connectivity index is 2.34. The number of rotatable bonds is 7. The number of carbonyl (C=O) groups excluding carboxylic acids is 1. The minimum absolute atomic E-state index is 0.0743. The van der Waals surface area contributed by atoms with Crippen molar-refractivity contribution in [3.63, 3.8) is 0 Å². The van der Waals surface area contributed by atoms with Crippen molar-refractivity contribution in [1.82, 2.24) is 10.2 Å². The van der Waals surface area contributed by atoms with E-state index in [2.05, 4.69) is 26.1 Å². The van der Waals surface area contributed by atoms with Gasteiger partial charge in [0.2, 0.25) is 0 Å². The minimum atomic E-state index is 0.0743. The molecule has 1 aromatic carbocycles. The second kappa shape index (κ2) is 9.09. The van der Waals surface area contributed by atoms with Crippen LogP contribution < -0.4 is 14.8 Å². The highest BCUT2D eigenvalue weighted by Crippen LogP contribution is 2.32. The molecule has 0 radical (unpaired) electrons. The molecule has 5 heteroatoms. The number of amides is 1. The van der Waals surface area contributed by atoms with E-state index in [9.17, 15) is 4.79 Å². The van der Waals surface area contributed by atoms with Crippen molar-refractivity contribution >= 4 is 5.91 Å². The lowest BCUT2D eigenvalue weighted by Gasteiger charge is -2.38. The van der Waals surface area contributed by atoms with Crippen molar-refractivity contribution in [1.29, 1.82) is 0 Å². The van der Waals surface area contributed by atoms with Gasteiger partial charge in [0.05, 0.1) is 13.7 Å². The van der Waals surface area contributed by atoms with Gasteiger partial charge in [-0.3, -0.25) is 4.79 Å². The average molecular weight is 348 g/mol. The van der Waals surface area contributed by atoms with Gasteiger partial charge in [-0.05, 0) is 64.3 Å². The van der Waals surface area contributed by atoms with Crippen molar-refractivity contribution in [3.8, 4) is 11.5 Å². The zero-order valence-corrected chi connectivity index (χ0v) is 16.2. The number of piperidine rings is 1. The topological polar surface area (TPSA) is 50.8 Å². The van der Waals surface area contributed by atoms with Crippen molar-refractivity contribution in [3.05, 3.63) is 23.3 Å². The first-order valence-electron chi connectivity index (χ1n) is 9.34. The van der Waals surface area contributed by atoms with E-state index >= 15 is 0 Å². The van der Waals surface area contributed by atoms with Crippen LogP contribution >= 0.6 is 0 Å². The summed E-state index contributed by atoms with van der Waals surface area (Å²) in [5, 5.41) is 3.41. The molecule has 1 aliphatic rings. The number of hydrogen-bond donors (Lipinski definition) is 1. The van der Waals surface area contributed by atoms with Crippen LogP contribution in [0.3, 0.4) is 0 Å². The van der Waals surface area contributed by atoms with Gasteiger partial charge in [-0.25, -0.2) is 0 Å². The van der Waals surface area contributed by atoms with Gasteiger partial charge in [0, 0.05) is 24.2 Å². The Kier molecular flexibility index (Phi) is 7.12. The van der Waals surface area contributed by atoms with E-state index in [1.807, 2.05) is 24.0 Å². The van der Waals surface area contributed by atoms with Gasteiger partial charge >= 0.3 is 0 Å². The SMILES string of the molecule is CCCOc1cc(C(=O)N(C(C)C)[C@@H]2CCCNC2)c(C)cc1OC. The predicted octanol–water partition coefficient (Wildman–Crippen LogP) is 3.40. The smallest absolute Gasteiger partial charge is 0.254 e. The first-order valence-corrected chi connectivity index (χ1v) is 9.34. The lowest BCUT2D eigenvalue weighted by atomic mass is 10.0. The molecule has 1 atom stereocenters. The number of methoxy groups -OCH3 is 1. The van der Waals surface area contributed by atoms with Crippen LogP contribution in [0.2, 0.25) is 0 Å². The summed E-state index contributed by atoms with van der Waals surface area (Å²) in [4.78, 5) is 15.4. The normalized spacial score (nSPS) is 17.4. The standard InChI is InChI=1S/C20H32N2O3/c1-6-10-25-19-12-17(15(4)11-18(19)24-5)20(23)22(14(2)3)16-8-7-9-21-13-16/h11-12,14,16,21H,6-10,13H2,1-5H3/t16-/m1/s1. The van der Waals surface area contributed by atoms with Gasteiger partial charge in [0.1, 0.15) is 0 Å². The molecule has 1 fully saturated rings. The maximum Gasteiger partial charge on any atom is 0.254 e. The fourth-order valence-corrected chi connectivity index (χ4v) is 3.41. The van der Waals surface area contributed by atoms with Crippen LogP contribution in [0.15, 0.2) is 12.1 Å². The Labute approximate surface area is 151 Å². The maximum absolute atomic E-state index is 13.3. The maximum atomic E-state index is 13.3. The number of nitrogens with one attached hydrogen (secondary N) is 1. The van der Waals surface area contributed by atoms with Crippen LogP contribution in [0, 0.1) is 6.92 Å². The van der Waals surface area contributed by atoms with Crippen LogP contribution in [0.5, 0.6) is 11.5 Å². The van der Waals surface area contributed by atoms with Crippen LogP contribution in [-0.4, -0.2) is 49.7 Å². The number of hydrogen-bond acceptors (Lipinski definition) is 4. The molecule has 0 aromatic heterocycles. The molecule has 0 saturated carbocycles. The molecule has 1 N–H and O–H groups in total. The highest BCUT2D eigenvalue weighted by Gasteiger charge is 2.29. The molecule has 140 valence electrons. The van der Waals surface area contributed by atoms with Gasteiger partial charge < -0.3 is 19.7 Å². The average Bonchev–Trinajstić information content (AvgIpc) is 2.60. The molecule has 1 heterocycles. The van der Waals surface area contributed by atoms with Gasteiger partial charge in [-0.15, -0.1) is 0 Å². The monoisotopic (exact) mass is 348 g/mol. The second-order valence-corrected chi connectivity index (χ2v) is 6.97. The third kappa shape index (κ3) is 4.66. The van der Waals surface area contributed by atoms with Crippen molar-refractivity contribution < 1.29 is 14.3 Å². The summed E-state index contributed by atoms with van der Waals surface area (Å²) in [5.41, 5.74) is 1.62. The Hall–Kier alpha value is -1.75. The first-order chi connectivity index (χ1) is 12.0. The molecule has 1 aliphatic heterocycles. The van der Waals surface area contributed by atoms with Gasteiger partial charge in [0.15, 0.2) is 11.5 Å². The summed E-state index contributed by atoms with van der Waals surface area (Å²) >= 11 is 0. The number of ether oxygens (including phenoxy) is 2. The Morgan fingerprint density at radius 3 is 2.68 bits per heavy atom. The molecule has 1 saturated heterocycles. The zero-order chi connectivity index (χ0) is 18.4. The third-order valence-electron chi connectivity index (χ3n) is 4.66. The highest BCUT2D eigenvalue weighted by atomic mass is 16.5. The van der Waals surface area contributed by atoms with E-state index in [1.54, 1.807) is 7.11 Å². The molecule has 5 nitrogen and oxygen atoms in total. The molecule has 1 aromatic rings. The number of benzene rings is 1. The van der Waals surface area contributed by atoms with E-state index in [-0.39, 0.29) is 18.0 Å². The summed E-state index contributed by atoms with van der Waals surface area (Å²) in [5.74, 6) is 1.40. The molecule has 2 rings (SSSR count). The highest BCUT2D eigenvalue weighted by molar-refractivity contribution is 5.97. The minimum Gasteiger partial charge on any atom is -0.493 e. The molecule has 0 spiro atoms. The fraction of sp³-hybridized carbons (Fsp3) is 0.650. The van der Waals surface area contributed by atoms with E-state index in [1.165, 1.54) is 0 Å². The summed E-state index contributed by atoms with van der Waals surface area (Å²) in [7, 11) is 1.63. The third-order valence-corrected chi connectivity index (χ3v) is 4.66. The van der Waals surface area contributed by atoms with E-state index < -0.39 is 0 Å². The number of aryl methyl sites for hydroxylation is 1. The van der Waals surface area contributed by atoms with Crippen LogP contribution in [0.4, 0.5) is 0 Å². The van der Waals surface area contributed by atoms with Crippen LogP contribution in [0.25, 0.3) is 0 Å². The summed E-state index contributed by atoms with van der Waals surface area (Å²) < 4.78 is 11.2. The van der Waals surface area contributed by atoms with E-state index in [0.717, 1.165) is 37.9 Å². The number of carbonyl (C=O) groups is 1. The van der Waals surface area contributed by atoms with Gasteiger partial charge in [0.25, 0.3) is 5.91 Å². The van der Waals surface area contributed by atoms with Crippen LogP contribution in [-0.2, 0) is 0 Å². The quantitative estimate of drug-likeness (QED) is 0.820. The van der Waals surface area contributed by atoms with Crippen molar-refractivity contribution in [2.45, 2.75) is 59.0 Å². The lowest BCUT2D eigenvalue weighted by Crippen LogP contribution is -2.51.